The van der Waals surface area contributed by atoms with Crippen LogP contribution in [0.3, 0.4) is 0 Å². The number of alkyl halides is 3. The molecule has 3 N–H and O–H groups in total. The van der Waals surface area contributed by atoms with E-state index < -0.39 is 67.2 Å². The third kappa shape index (κ3) is 5.87. The van der Waals surface area contributed by atoms with Gasteiger partial charge in [-0.2, -0.15) is 13.2 Å². The molecule has 0 saturated heterocycles. The Morgan fingerprint density at radius 3 is 2.31 bits per heavy atom. The van der Waals surface area contributed by atoms with Crippen LogP contribution in [0.15, 0.2) is 71.6 Å². The molecule has 2 bridgehead atoms. The van der Waals surface area contributed by atoms with Gasteiger partial charge in [0.1, 0.15) is 17.4 Å². The van der Waals surface area contributed by atoms with Crippen molar-refractivity contribution in [2.75, 3.05) is 12.4 Å². The number of benzene rings is 3. The Hall–Kier alpha value is -4.79. The number of aromatic carboxylic acids is 1. The van der Waals surface area contributed by atoms with Crippen LogP contribution in [0.4, 0.5) is 27.6 Å². The maximum atomic E-state index is 15.1. The summed E-state index contributed by atoms with van der Waals surface area (Å²) in [5, 5.41) is 14.5. The van der Waals surface area contributed by atoms with Crippen LogP contribution in [-0.4, -0.2) is 50.0 Å². The predicted molar refractivity (Wildman–Crippen MR) is 149 cm³/mol. The smallest absolute Gasteiger partial charge is 0.496 e. The number of nitrogens with one attached hydrogen (secondary N) is 2. The number of halogens is 5. The molecule has 45 heavy (non-hydrogen) atoms. The van der Waals surface area contributed by atoms with E-state index in [9.17, 15) is 45.5 Å². The average Bonchev–Trinajstić information content (AvgIpc) is 3.59. The van der Waals surface area contributed by atoms with Crippen LogP contribution in [-0.2, 0) is 14.6 Å². The van der Waals surface area contributed by atoms with Gasteiger partial charge >= 0.3 is 11.5 Å². The highest BCUT2D eigenvalue weighted by Crippen LogP contribution is 2.45. The number of carboxylic acids is 1. The molecule has 9 nitrogen and oxygen atoms in total. The molecule has 3 aromatic carbocycles. The SMILES string of the molecule is COc1cc(F)c(-c2ccc(F)c(C(=O)O)c2)cc1C(=O)NC1C2C=CC(C2)C1C(=O)Nc1cccc(S(=O)(=O)C(F)(F)F)c1. The first-order valence-corrected chi connectivity index (χ1v) is 14.7. The van der Waals surface area contributed by atoms with Gasteiger partial charge < -0.3 is 20.5 Å². The highest BCUT2D eigenvalue weighted by molar-refractivity contribution is 7.92. The minimum Gasteiger partial charge on any atom is -0.496 e. The Balaban J connectivity index is 1.42. The molecule has 2 amide bonds. The molecule has 0 spiro atoms. The second-order valence-electron chi connectivity index (χ2n) is 10.5. The van der Waals surface area contributed by atoms with Crippen molar-refractivity contribution in [1.29, 1.82) is 0 Å². The Bertz CT molecular complexity index is 1860. The van der Waals surface area contributed by atoms with Crippen molar-refractivity contribution < 1.29 is 54.6 Å². The Morgan fingerprint density at radius 2 is 1.64 bits per heavy atom. The third-order valence-electron chi connectivity index (χ3n) is 7.82. The van der Waals surface area contributed by atoms with Gasteiger partial charge in [0.05, 0.1) is 29.1 Å². The van der Waals surface area contributed by atoms with E-state index in [-0.39, 0.29) is 40.0 Å². The van der Waals surface area contributed by atoms with E-state index in [0.717, 1.165) is 42.5 Å². The van der Waals surface area contributed by atoms with Crippen molar-refractivity contribution in [3.05, 3.63) is 89.5 Å². The van der Waals surface area contributed by atoms with Gasteiger partial charge in [0.2, 0.25) is 5.91 Å². The van der Waals surface area contributed by atoms with Crippen LogP contribution in [0.25, 0.3) is 11.1 Å². The number of anilines is 1. The summed E-state index contributed by atoms with van der Waals surface area (Å²) in [6, 6.07) is 7.80. The van der Waals surface area contributed by atoms with Crippen molar-refractivity contribution in [1.82, 2.24) is 5.32 Å². The number of sulfone groups is 1. The zero-order valence-electron chi connectivity index (χ0n) is 23.1. The number of hydrogen-bond donors (Lipinski definition) is 3. The van der Waals surface area contributed by atoms with Gasteiger partial charge in [0, 0.05) is 23.4 Å². The number of carbonyl (C=O) groups is 3. The minimum atomic E-state index is -5.67. The van der Waals surface area contributed by atoms with Gasteiger partial charge in [-0.15, -0.1) is 0 Å². The van der Waals surface area contributed by atoms with E-state index in [0.29, 0.717) is 12.5 Å². The van der Waals surface area contributed by atoms with Gasteiger partial charge in [0.15, 0.2) is 0 Å². The fraction of sp³-hybridized carbons (Fsp3) is 0.233. The lowest BCUT2D eigenvalue weighted by molar-refractivity contribution is -0.121. The maximum absolute atomic E-state index is 15.1. The van der Waals surface area contributed by atoms with Crippen LogP contribution in [0.5, 0.6) is 5.75 Å². The van der Waals surface area contributed by atoms with Crippen molar-refractivity contribution in [3.63, 3.8) is 0 Å². The number of ether oxygens (including phenoxy) is 1. The first-order valence-electron chi connectivity index (χ1n) is 13.2. The highest BCUT2D eigenvalue weighted by Gasteiger charge is 2.49. The van der Waals surface area contributed by atoms with Crippen LogP contribution in [0.1, 0.15) is 27.1 Å². The summed E-state index contributed by atoms with van der Waals surface area (Å²) in [6.07, 6.45) is 4.04. The molecule has 2 aliphatic rings. The molecule has 1 fully saturated rings. The Morgan fingerprint density at radius 1 is 0.933 bits per heavy atom. The number of allylic oxidation sites excluding steroid dienone is 1. The van der Waals surface area contributed by atoms with Crippen molar-refractivity contribution in [3.8, 4) is 16.9 Å². The number of fused-ring (bicyclic) bond motifs is 2. The van der Waals surface area contributed by atoms with E-state index in [1.165, 1.54) is 13.2 Å². The summed E-state index contributed by atoms with van der Waals surface area (Å²) in [4.78, 5) is 37.3. The van der Waals surface area contributed by atoms with Gasteiger partial charge in [-0.25, -0.2) is 22.0 Å². The molecule has 3 aromatic rings. The summed E-state index contributed by atoms with van der Waals surface area (Å²) < 4.78 is 97.0. The molecule has 4 unspecified atom stereocenters. The number of carboxylic acid groups (broad SMARTS) is 1. The van der Waals surface area contributed by atoms with Crippen LogP contribution < -0.4 is 15.4 Å². The van der Waals surface area contributed by atoms with Gasteiger partial charge in [0.25, 0.3) is 15.7 Å². The predicted octanol–water partition coefficient (Wildman–Crippen LogP) is 5.19. The minimum absolute atomic E-state index is 0.0297. The molecule has 0 aliphatic heterocycles. The number of methoxy groups -OCH3 is 1. The van der Waals surface area contributed by atoms with Crippen LogP contribution in [0.2, 0.25) is 0 Å². The van der Waals surface area contributed by atoms with E-state index in [2.05, 4.69) is 10.6 Å². The highest BCUT2D eigenvalue weighted by atomic mass is 32.2. The molecule has 4 atom stereocenters. The second-order valence-corrected chi connectivity index (χ2v) is 12.4. The zero-order chi connectivity index (χ0) is 32.8. The van der Waals surface area contributed by atoms with E-state index in [4.69, 9.17) is 4.74 Å². The molecule has 1 saturated carbocycles. The molecule has 0 heterocycles. The largest absolute Gasteiger partial charge is 0.501 e. The average molecular weight is 651 g/mol. The summed E-state index contributed by atoms with van der Waals surface area (Å²) >= 11 is 0. The summed E-state index contributed by atoms with van der Waals surface area (Å²) in [7, 11) is -4.48. The Kier molecular flexibility index (Phi) is 8.16. The first kappa shape index (κ1) is 31.6. The molecule has 5 rings (SSSR count). The molecule has 236 valence electrons. The molecule has 0 aromatic heterocycles. The third-order valence-corrected chi connectivity index (χ3v) is 9.30. The molecular formula is C30H23F5N2O7S. The summed E-state index contributed by atoms with van der Waals surface area (Å²) in [6.45, 7) is 0. The molecule has 0 radical (unpaired) electrons. The quantitative estimate of drug-likeness (QED) is 0.225. The number of rotatable bonds is 8. The lowest BCUT2D eigenvalue weighted by Gasteiger charge is -2.28. The molecular weight excluding hydrogens is 627 g/mol. The molecule has 15 heteroatoms. The van der Waals surface area contributed by atoms with Crippen molar-refractivity contribution in [2.45, 2.75) is 22.9 Å². The van der Waals surface area contributed by atoms with Crippen molar-refractivity contribution >= 4 is 33.3 Å². The van der Waals surface area contributed by atoms with Gasteiger partial charge in [-0.05, 0) is 60.2 Å². The lowest BCUT2D eigenvalue weighted by Crippen LogP contribution is -2.47. The summed E-state index contributed by atoms with van der Waals surface area (Å²) in [5.41, 5.74) is -6.88. The topological polar surface area (TPSA) is 139 Å². The summed E-state index contributed by atoms with van der Waals surface area (Å²) in [5.74, 6) is -6.74. The normalized spacial score (nSPS) is 20.6. The number of carbonyl (C=O) groups excluding carboxylic acids is 2. The van der Waals surface area contributed by atoms with Crippen molar-refractivity contribution in [2.24, 2.45) is 17.8 Å². The fourth-order valence-electron chi connectivity index (χ4n) is 5.69. The number of hydrogen-bond acceptors (Lipinski definition) is 6. The van der Waals surface area contributed by atoms with E-state index >= 15 is 4.39 Å². The standard InChI is InChI=1S/C30H23F5N2O7S/c1-44-24-13-23(32)19(14-7-8-22(31)20(10-14)29(40)41)12-21(24)27(38)37-26-16-6-5-15(9-16)25(26)28(39)36-17-3-2-4-18(11-17)45(42,43)30(33,34)35/h2-8,10-13,15-16,25-26H,9H2,1H3,(H,36,39)(H,37,38)(H,40,41). The lowest BCUT2D eigenvalue weighted by atomic mass is 9.87. The maximum Gasteiger partial charge on any atom is 0.501 e. The molecule has 2 aliphatic carbocycles. The monoisotopic (exact) mass is 650 g/mol. The zero-order valence-corrected chi connectivity index (χ0v) is 23.9. The van der Waals surface area contributed by atoms with Crippen LogP contribution in [0, 0.1) is 29.4 Å². The van der Waals surface area contributed by atoms with Gasteiger partial charge in [-0.3, -0.25) is 9.59 Å². The van der Waals surface area contributed by atoms with E-state index in [1.807, 2.05) is 0 Å². The fourth-order valence-corrected chi connectivity index (χ4v) is 6.49. The number of amides is 2. The Labute approximate surface area is 252 Å². The van der Waals surface area contributed by atoms with Crippen LogP contribution >= 0.6 is 0 Å². The van der Waals surface area contributed by atoms with E-state index in [1.54, 1.807) is 12.2 Å². The second kappa shape index (κ2) is 11.6. The first-order chi connectivity index (χ1) is 21.1. The van der Waals surface area contributed by atoms with Gasteiger partial charge in [-0.1, -0.05) is 24.3 Å².